The molecule has 1 saturated carbocycles. The molecule has 39 heavy (non-hydrogen) atoms. The van der Waals surface area contributed by atoms with Gasteiger partial charge >= 0.3 is 0 Å². The van der Waals surface area contributed by atoms with E-state index in [0.717, 1.165) is 0 Å². The Hall–Kier alpha value is -3.20. The van der Waals surface area contributed by atoms with Crippen LogP contribution in [0.1, 0.15) is 37.7 Å². The average molecular weight is 566 g/mol. The van der Waals surface area contributed by atoms with Crippen LogP contribution >= 0.6 is 0 Å². The van der Waals surface area contributed by atoms with Crippen molar-refractivity contribution in [1.82, 2.24) is 25.0 Å². The molecule has 14 heteroatoms. The van der Waals surface area contributed by atoms with Gasteiger partial charge in [0, 0.05) is 60.8 Å². The van der Waals surface area contributed by atoms with Crippen molar-refractivity contribution in [2.75, 3.05) is 18.4 Å². The van der Waals surface area contributed by atoms with Crippen LogP contribution in [0.4, 0.5) is 23.5 Å². The lowest BCUT2D eigenvalue weighted by atomic mass is 9.88. The lowest BCUT2D eigenvalue weighted by Crippen LogP contribution is -2.44. The second-order valence-electron chi connectivity index (χ2n) is 9.54. The first-order valence-electron chi connectivity index (χ1n) is 12.4. The highest BCUT2D eigenvalue weighted by Gasteiger charge is 2.42. The molecular weight excluding hydrogens is 540 g/mol. The quantitative estimate of drug-likeness (QED) is 0.213. The van der Waals surface area contributed by atoms with Crippen molar-refractivity contribution in [2.24, 2.45) is 0 Å². The number of ether oxygens (including phenoxy) is 1. The molecule has 0 spiro atoms. The third-order valence-corrected chi connectivity index (χ3v) is 7.44. The van der Waals surface area contributed by atoms with E-state index in [-0.39, 0.29) is 49.2 Å². The summed E-state index contributed by atoms with van der Waals surface area (Å²) in [5, 5.41) is 6.05. The summed E-state index contributed by atoms with van der Waals surface area (Å²) in [6.45, 7) is 0.813. The number of rotatable bonds is 8. The fraction of sp³-hybridized carbons (Fsp3) is 0.400. The second kappa shape index (κ2) is 11.5. The number of halogens is 4. The molecule has 1 aliphatic heterocycles. The van der Waals surface area contributed by atoms with Crippen LogP contribution in [0.3, 0.4) is 0 Å². The first-order chi connectivity index (χ1) is 18.8. The summed E-state index contributed by atoms with van der Waals surface area (Å²) >= 11 is -2.82. The predicted molar refractivity (Wildman–Crippen MR) is 134 cm³/mol. The van der Waals surface area contributed by atoms with E-state index in [0.29, 0.717) is 31.1 Å². The first kappa shape index (κ1) is 27.4. The maximum Gasteiger partial charge on any atom is 0.228 e. The molecule has 3 aromatic rings. The van der Waals surface area contributed by atoms with Crippen molar-refractivity contribution in [3.8, 4) is 22.9 Å². The second-order valence-corrected chi connectivity index (χ2v) is 10.2. The molecule has 2 aliphatic rings. The normalized spacial score (nSPS) is 21.5. The van der Waals surface area contributed by atoms with E-state index in [1.54, 1.807) is 18.2 Å². The van der Waals surface area contributed by atoms with E-state index in [4.69, 9.17) is 4.74 Å². The van der Waals surface area contributed by atoms with Gasteiger partial charge in [-0.1, -0.05) is 12.8 Å². The maximum absolute atomic E-state index is 15.3. The number of hydrogen-bond acceptors (Lipinski definition) is 8. The monoisotopic (exact) mass is 565 g/mol. The summed E-state index contributed by atoms with van der Waals surface area (Å²) in [7, 11) is 0. The third kappa shape index (κ3) is 5.88. The molecule has 3 N–H and O–H groups in total. The Balaban J connectivity index is 1.44. The number of piperidine rings is 1. The van der Waals surface area contributed by atoms with E-state index < -0.39 is 51.7 Å². The van der Waals surface area contributed by atoms with Crippen LogP contribution in [0.25, 0.3) is 11.3 Å². The summed E-state index contributed by atoms with van der Waals surface area (Å²) < 4.78 is 89.9. The molecule has 2 fully saturated rings. The van der Waals surface area contributed by atoms with E-state index in [9.17, 15) is 13.2 Å². The molecule has 1 saturated heterocycles. The zero-order valence-electron chi connectivity index (χ0n) is 20.6. The number of nitrogens with zero attached hydrogens (tertiary/aromatic N) is 3. The van der Waals surface area contributed by atoms with Crippen molar-refractivity contribution in [1.29, 1.82) is 0 Å². The largest absolute Gasteiger partial charge is 0.760 e. The molecule has 1 unspecified atom stereocenters. The molecule has 208 valence electrons. The van der Waals surface area contributed by atoms with Crippen molar-refractivity contribution in [3.05, 3.63) is 59.7 Å². The van der Waals surface area contributed by atoms with Crippen LogP contribution in [0.5, 0.6) is 11.6 Å². The standard InChI is InChI=1S/C25H26F4N6O3S/c26-14-10-15(13-30-12-14)33-24-32-9-5-18(34-24)16-4-3-8-31-23(16)38-19-11-17(27)20(22(29)21(19)28)25(35-39(36)37)6-1-2-7-25/h3-5,8-9,11,14-15,30,35H,1-2,6-7,10,12-13H2,(H,36,37)(H,32,33,34)/p-1/t14-,15-/m0/s1. The van der Waals surface area contributed by atoms with Crippen LogP contribution in [0.15, 0.2) is 36.7 Å². The molecular formula is C25H25F4N6O3S-. The summed E-state index contributed by atoms with van der Waals surface area (Å²) in [6, 6.07) is 5.15. The minimum atomic E-state index is -2.82. The molecule has 5 rings (SSSR count). The van der Waals surface area contributed by atoms with E-state index in [1.165, 1.54) is 12.4 Å². The lowest BCUT2D eigenvalue weighted by molar-refractivity contribution is 0.254. The minimum Gasteiger partial charge on any atom is -0.760 e. The molecule has 3 atom stereocenters. The van der Waals surface area contributed by atoms with Crippen LogP contribution in [-0.2, 0) is 16.8 Å². The van der Waals surface area contributed by atoms with Crippen LogP contribution in [-0.4, -0.2) is 49.0 Å². The number of hydrogen-bond donors (Lipinski definition) is 3. The van der Waals surface area contributed by atoms with Gasteiger partial charge in [-0.15, -0.1) is 0 Å². The van der Waals surface area contributed by atoms with E-state index in [1.807, 2.05) is 0 Å². The average Bonchev–Trinajstić information content (AvgIpc) is 3.36. The number of aromatic nitrogens is 3. The molecule has 1 aliphatic carbocycles. The van der Waals surface area contributed by atoms with Crippen molar-refractivity contribution >= 4 is 17.2 Å². The topological polar surface area (TPSA) is 124 Å². The molecule has 2 aromatic heterocycles. The molecule has 3 heterocycles. The fourth-order valence-corrected chi connectivity index (χ4v) is 5.78. The molecule has 1 aromatic carbocycles. The summed E-state index contributed by atoms with van der Waals surface area (Å²) in [6.07, 6.45) is 3.37. The lowest BCUT2D eigenvalue weighted by Gasteiger charge is -2.32. The van der Waals surface area contributed by atoms with Gasteiger partial charge in [-0.2, -0.15) is 4.39 Å². The van der Waals surface area contributed by atoms with Gasteiger partial charge in [0.1, 0.15) is 12.0 Å². The fourth-order valence-electron chi connectivity index (χ4n) is 5.16. The summed E-state index contributed by atoms with van der Waals surface area (Å²) in [5.41, 5.74) is -1.67. The Morgan fingerprint density at radius 3 is 2.64 bits per heavy atom. The van der Waals surface area contributed by atoms with Gasteiger partial charge in [-0.25, -0.2) is 32.8 Å². The Morgan fingerprint density at radius 2 is 1.90 bits per heavy atom. The van der Waals surface area contributed by atoms with Crippen LogP contribution in [0, 0.1) is 17.5 Å². The van der Waals surface area contributed by atoms with Crippen molar-refractivity contribution < 1.29 is 31.1 Å². The summed E-state index contributed by atoms with van der Waals surface area (Å²) in [4.78, 5) is 12.7. The van der Waals surface area contributed by atoms with Crippen molar-refractivity contribution in [3.63, 3.8) is 0 Å². The number of benzene rings is 1. The van der Waals surface area contributed by atoms with Gasteiger partial charge in [-0.3, -0.25) is 4.21 Å². The van der Waals surface area contributed by atoms with Gasteiger partial charge in [-0.05, 0) is 31.0 Å². The Labute approximate surface area is 224 Å². The van der Waals surface area contributed by atoms with Gasteiger partial charge in [0.15, 0.2) is 11.6 Å². The zero-order valence-corrected chi connectivity index (χ0v) is 21.4. The van der Waals surface area contributed by atoms with Gasteiger partial charge in [0.2, 0.25) is 17.6 Å². The van der Waals surface area contributed by atoms with Crippen LogP contribution < -0.4 is 20.1 Å². The van der Waals surface area contributed by atoms with Crippen LogP contribution in [0.2, 0.25) is 0 Å². The number of pyridine rings is 1. The van der Waals surface area contributed by atoms with Gasteiger partial charge in [0.05, 0.1) is 16.8 Å². The minimum absolute atomic E-state index is 0.117. The predicted octanol–water partition coefficient (Wildman–Crippen LogP) is 4.01. The number of nitrogens with one attached hydrogen (secondary N) is 3. The zero-order chi connectivity index (χ0) is 27.6. The number of alkyl halides is 1. The maximum atomic E-state index is 15.3. The Bertz CT molecular complexity index is 1380. The molecule has 0 bridgehead atoms. The summed E-state index contributed by atoms with van der Waals surface area (Å²) in [5.74, 6) is -4.89. The highest BCUT2D eigenvalue weighted by molar-refractivity contribution is 7.77. The molecule has 0 radical (unpaired) electrons. The SMILES string of the molecule is O=S([O-])NC1(c2c(F)cc(Oc3ncccc3-c3ccnc(N[C@@H]4CNC[C@@H](F)C4)n3)c(F)c2F)CCCC1. The highest BCUT2D eigenvalue weighted by Crippen LogP contribution is 2.44. The van der Waals surface area contributed by atoms with E-state index in [2.05, 4.69) is 30.3 Å². The Morgan fingerprint density at radius 1 is 1.10 bits per heavy atom. The van der Waals surface area contributed by atoms with Gasteiger partial charge < -0.3 is 19.9 Å². The Kier molecular flexibility index (Phi) is 8.07. The van der Waals surface area contributed by atoms with Gasteiger partial charge in [0.25, 0.3) is 0 Å². The molecule has 9 nitrogen and oxygen atoms in total. The smallest absolute Gasteiger partial charge is 0.228 e. The van der Waals surface area contributed by atoms with E-state index >= 15 is 13.2 Å². The first-order valence-corrected chi connectivity index (χ1v) is 13.5. The van der Waals surface area contributed by atoms with Crippen molar-refractivity contribution in [2.45, 2.75) is 49.9 Å². The molecule has 0 amide bonds. The highest BCUT2D eigenvalue weighted by atomic mass is 32.2. The third-order valence-electron chi connectivity index (χ3n) is 6.88. The number of anilines is 1.